The Morgan fingerprint density at radius 3 is 1.94 bits per heavy atom. The number of amides is 3. The molecular weight excluding hydrogens is 496 g/mol. The van der Waals surface area contributed by atoms with E-state index in [1.54, 1.807) is 48.5 Å². The molecule has 3 fully saturated rings. The smallest absolute Gasteiger partial charge is 0.259 e. The zero-order chi connectivity index (χ0) is 23.7. The first-order valence-corrected chi connectivity index (χ1v) is 12.4. The van der Waals surface area contributed by atoms with Gasteiger partial charge in [0.1, 0.15) is 6.67 Å². The molecule has 7 heteroatoms. The summed E-state index contributed by atoms with van der Waals surface area (Å²) in [5, 5.41) is 0. The van der Waals surface area contributed by atoms with Crippen molar-refractivity contribution in [3.8, 4) is 0 Å². The van der Waals surface area contributed by atoms with Crippen molar-refractivity contribution in [3.63, 3.8) is 0 Å². The van der Waals surface area contributed by atoms with E-state index in [1.807, 2.05) is 0 Å². The molecule has 4 aliphatic carbocycles. The Hall–Kier alpha value is -3.06. The Morgan fingerprint density at radius 1 is 0.882 bits per heavy atom. The van der Waals surface area contributed by atoms with E-state index in [0.717, 1.165) is 10.9 Å². The number of imide groups is 1. The molecule has 1 heterocycles. The lowest BCUT2D eigenvalue weighted by Crippen LogP contribution is -2.45. The number of rotatable bonds is 5. The highest BCUT2D eigenvalue weighted by molar-refractivity contribution is 9.10. The first-order chi connectivity index (χ1) is 16.3. The maximum atomic E-state index is 13.6. The van der Waals surface area contributed by atoms with Gasteiger partial charge in [0, 0.05) is 21.3 Å². The highest BCUT2D eigenvalue weighted by atomic mass is 79.9. The van der Waals surface area contributed by atoms with Crippen LogP contribution < -0.4 is 4.90 Å². The predicted molar refractivity (Wildman–Crippen MR) is 129 cm³/mol. The lowest BCUT2D eigenvalue weighted by atomic mass is 9.63. The molecule has 2 saturated carbocycles. The van der Waals surface area contributed by atoms with E-state index in [4.69, 9.17) is 0 Å². The van der Waals surface area contributed by atoms with Gasteiger partial charge in [-0.05, 0) is 85.5 Å². The zero-order valence-corrected chi connectivity index (χ0v) is 20.1. The van der Waals surface area contributed by atoms with Crippen LogP contribution in [-0.2, 0) is 9.59 Å². The minimum atomic E-state index is -0.317. The van der Waals surface area contributed by atoms with E-state index >= 15 is 0 Å². The fourth-order valence-electron chi connectivity index (χ4n) is 6.19. The molecule has 3 amide bonds. The maximum Gasteiger partial charge on any atom is 0.259 e. The van der Waals surface area contributed by atoms with Crippen molar-refractivity contribution in [1.82, 2.24) is 4.90 Å². The van der Waals surface area contributed by atoms with Crippen molar-refractivity contribution < 1.29 is 19.2 Å². The molecule has 2 bridgehead atoms. The Labute approximate surface area is 205 Å². The Balaban J connectivity index is 1.34. The van der Waals surface area contributed by atoms with E-state index < -0.39 is 0 Å². The molecular formula is C27H23BrN2O4. The molecule has 34 heavy (non-hydrogen) atoms. The van der Waals surface area contributed by atoms with Gasteiger partial charge in [-0.25, -0.2) is 0 Å². The quantitative estimate of drug-likeness (QED) is 0.335. The van der Waals surface area contributed by atoms with Crippen LogP contribution in [0.2, 0.25) is 0 Å². The Kier molecular flexibility index (Phi) is 4.88. The molecule has 2 aromatic rings. The number of carbonyl (C=O) groups excluding carboxylic acids is 4. The number of benzene rings is 2. The number of carbonyl (C=O) groups is 4. The summed E-state index contributed by atoms with van der Waals surface area (Å²) in [4.78, 5) is 55.0. The van der Waals surface area contributed by atoms with Crippen LogP contribution >= 0.6 is 15.9 Å². The summed E-state index contributed by atoms with van der Waals surface area (Å²) >= 11 is 3.38. The van der Waals surface area contributed by atoms with E-state index in [-0.39, 0.29) is 53.8 Å². The van der Waals surface area contributed by atoms with Crippen molar-refractivity contribution in [2.24, 2.45) is 35.5 Å². The largest absolute Gasteiger partial charge is 0.295 e. The second kappa shape index (κ2) is 7.73. The Morgan fingerprint density at radius 2 is 1.41 bits per heavy atom. The van der Waals surface area contributed by atoms with Gasteiger partial charge < -0.3 is 0 Å². The number of hydrogen-bond donors (Lipinski definition) is 0. The predicted octanol–water partition coefficient (Wildman–Crippen LogP) is 4.31. The number of nitrogens with zero attached hydrogens (tertiary/aromatic N) is 2. The summed E-state index contributed by atoms with van der Waals surface area (Å²) in [6, 6.07) is 13.7. The third kappa shape index (κ3) is 3.21. The summed E-state index contributed by atoms with van der Waals surface area (Å²) < 4.78 is 0.844. The molecule has 0 radical (unpaired) electrons. The maximum absolute atomic E-state index is 13.6. The second-order valence-electron chi connectivity index (χ2n) is 9.74. The average Bonchev–Trinajstić information content (AvgIpc) is 3.62. The second-order valence-corrected chi connectivity index (χ2v) is 10.7. The summed E-state index contributed by atoms with van der Waals surface area (Å²) in [5.74, 6) is -0.0522. The molecule has 0 aromatic heterocycles. The molecule has 6 nitrogen and oxygen atoms in total. The molecule has 1 aliphatic heterocycles. The van der Waals surface area contributed by atoms with Crippen LogP contribution in [0.25, 0.3) is 0 Å². The lowest BCUT2D eigenvalue weighted by Gasteiger charge is -2.37. The monoisotopic (exact) mass is 518 g/mol. The van der Waals surface area contributed by atoms with Gasteiger partial charge in [-0.15, -0.1) is 0 Å². The van der Waals surface area contributed by atoms with Crippen LogP contribution in [0.3, 0.4) is 0 Å². The minimum absolute atomic E-state index is 0.0761. The van der Waals surface area contributed by atoms with Gasteiger partial charge in [0.2, 0.25) is 11.8 Å². The average molecular weight is 519 g/mol. The van der Waals surface area contributed by atoms with E-state index in [9.17, 15) is 19.2 Å². The summed E-state index contributed by atoms with van der Waals surface area (Å²) in [7, 11) is 0. The van der Waals surface area contributed by atoms with Gasteiger partial charge >= 0.3 is 0 Å². The van der Waals surface area contributed by atoms with Crippen LogP contribution in [0.15, 0.2) is 65.2 Å². The lowest BCUT2D eigenvalue weighted by molar-refractivity contribution is -0.140. The van der Waals surface area contributed by atoms with Crippen LogP contribution in [0.1, 0.15) is 34.1 Å². The fraction of sp³-hybridized carbons (Fsp3) is 0.333. The highest BCUT2D eigenvalue weighted by Crippen LogP contribution is 2.65. The summed E-state index contributed by atoms with van der Waals surface area (Å²) in [5.41, 5.74) is 1.50. The standard InChI is InChI=1S/C27H23BrN2O4/c1-14(31)15-4-8-18(9-5-15)29(25(32)16-2-6-17(28)7-3-16)13-30-26(33)23-19-10-11-20(22-12-21(19)22)24(23)27(30)34/h2-11,19-24H,12-13H2,1H3. The topological polar surface area (TPSA) is 74.8 Å². The van der Waals surface area contributed by atoms with Gasteiger partial charge in [-0.1, -0.05) is 28.1 Å². The van der Waals surface area contributed by atoms with Gasteiger partial charge in [0.05, 0.1) is 11.8 Å². The molecule has 1 saturated heterocycles. The third-order valence-electron chi connectivity index (χ3n) is 7.96. The van der Waals surface area contributed by atoms with E-state index in [2.05, 4.69) is 28.1 Å². The number of hydrogen-bond acceptors (Lipinski definition) is 4. The van der Waals surface area contributed by atoms with Crippen molar-refractivity contribution in [2.75, 3.05) is 11.6 Å². The van der Waals surface area contributed by atoms with Crippen molar-refractivity contribution in [1.29, 1.82) is 0 Å². The molecule has 0 N–H and O–H groups in total. The first-order valence-electron chi connectivity index (χ1n) is 11.6. The number of ketones is 1. The SMILES string of the molecule is CC(=O)c1ccc(N(CN2C(=O)C3C4C=CC(C5CC45)C3C2=O)C(=O)c2ccc(Br)cc2)cc1. The molecule has 7 rings (SSSR count). The van der Waals surface area contributed by atoms with Gasteiger partial charge in [-0.2, -0.15) is 0 Å². The Bertz CT molecular complexity index is 1220. The number of anilines is 1. The number of allylic oxidation sites excluding steroid dienone is 2. The molecule has 6 atom stereocenters. The third-order valence-corrected chi connectivity index (χ3v) is 8.49. The molecule has 0 spiro atoms. The molecule has 2 aromatic carbocycles. The summed E-state index contributed by atoms with van der Waals surface area (Å²) in [6.45, 7) is 1.34. The highest BCUT2D eigenvalue weighted by Gasteiger charge is 2.67. The normalized spacial score (nSPS) is 30.2. The van der Waals surface area contributed by atoms with E-state index in [0.29, 0.717) is 28.7 Å². The van der Waals surface area contributed by atoms with Crippen LogP contribution in [-0.4, -0.2) is 35.1 Å². The summed E-state index contributed by atoms with van der Waals surface area (Å²) in [6.07, 6.45) is 5.38. The van der Waals surface area contributed by atoms with Crippen molar-refractivity contribution >= 4 is 45.1 Å². The van der Waals surface area contributed by atoms with Crippen LogP contribution in [0.4, 0.5) is 5.69 Å². The zero-order valence-electron chi connectivity index (χ0n) is 18.6. The van der Waals surface area contributed by atoms with Crippen molar-refractivity contribution in [2.45, 2.75) is 13.3 Å². The fourth-order valence-corrected chi connectivity index (χ4v) is 6.45. The minimum Gasteiger partial charge on any atom is -0.295 e. The van der Waals surface area contributed by atoms with Gasteiger partial charge in [-0.3, -0.25) is 29.0 Å². The van der Waals surface area contributed by atoms with Crippen LogP contribution in [0, 0.1) is 35.5 Å². The van der Waals surface area contributed by atoms with Crippen LogP contribution in [0.5, 0.6) is 0 Å². The number of likely N-dealkylation sites (tertiary alicyclic amines) is 1. The molecule has 5 aliphatic rings. The molecule has 6 unspecified atom stereocenters. The first kappa shape index (κ1) is 21.5. The number of halogens is 1. The van der Waals surface area contributed by atoms with Gasteiger partial charge in [0.15, 0.2) is 5.78 Å². The number of Topliss-reactive ketones (excluding diaryl/α,β-unsaturated/α-hetero) is 1. The van der Waals surface area contributed by atoms with E-state index in [1.165, 1.54) is 16.7 Å². The molecule has 172 valence electrons. The van der Waals surface area contributed by atoms with Gasteiger partial charge in [0.25, 0.3) is 5.91 Å². The van der Waals surface area contributed by atoms with Crippen molar-refractivity contribution in [3.05, 3.63) is 76.3 Å².